The smallest absolute Gasteiger partial charge is 0.321 e. The fourth-order valence-corrected chi connectivity index (χ4v) is 8.86. The summed E-state index contributed by atoms with van der Waals surface area (Å²) >= 11 is 1.01. The molecule has 0 saturated carbocycles. The Morgan fingerprint density at radius 2 is 1.84 bits per heavy atom. The zero-order valence-electron chi connectivity index (χ0n) is 30.4. The summed E-state index contributed by atoms with van der Waals surface area (Å²) in [4.78, 5) is 78.1. The molecule has 0 aromatic heterocycles. The number of methoxy groups -OCH3 is 1. The van der Waals surface area contributed by atoms with Gasteiger partial charge in [0.15, 0.2) is 17.9 Å². The van der Waals surface area contributed by atoms with Gasteiger partial charge in [-0.1, -0.05) is 12.1 Å². The fraction of sp³-hybridized carbons (Fsp3) is 0.514. The maximum atomic E-state index is 13.9. The highest BCUT2D eigenvalue weighted by molar-refractivity contribution is 8.00. The van der Waals surface area contributed by atoms with Gasteiger partial charge in [-0.3, -0.25) is 33.7 Å². The molecule has 19 heteroatoms. The van der Waals surface area contributed by atoms with Crippen LogP contribution < -0.4 is 15.8 Å². The number of carboxylic acids is 1. The van der Waals surface area contributed by atoms with Crippen LogP contribution in [0.5, 0.6) is 17.2 Å². The van der Waals surface area contributed by atoms with Gasteiger partial charge in [-0.25, -0.2) is 0 Å². The number of aliphatic hydroxyl groups excluding tert-OH is 2. The third-order valence-corrected chi connectivity index (χ3v) is 12.0. The molecule has 18 nitrogen and oxygen atoms in total. The Morgan fingerprint density at radius 3 is 2.52 bits per heavy atom. The molecule has 2 fully saturated rings. The van der Waals surface area contributed by atoms with E-state index in [-0.39, 0.29) is 59.7 Å². The maximum Gasteiger partial charge on any atom is 0.321 e. The van der Waals surface area contributed by atoms with Gasteiger partial charge in [0.25, 0.3) is 0 Å². The number of nitrogens with two attached hydrogens (primary N) is 1. The Labute approximate surface area is 323 Å². The van der Waals surface area contributed by atoms with E-state index >= 15 is 0 Å². The van der Waals surface area contributed by atoms with E-state index in [0.29, 0.717) is 6.42 Å². The van der Waals surface area contributed by atoms with Crippen molar-refractivity contribution in [1.29, 1.82) is 0 Å². The summed E-state index contributed by atoms with van der Waals surface area (Å²) in [5.74, 6) is -6.17. The number of aromatic hydroxyl groups is 2. The van der Waals surface area contributed by atoms with Gasteiger partial charge in [0, 0.05) is 60.7 Å². The lowest BCUT2D eigenvalue weighted by molar-refractivity contribution is -0.249. The molecule has 2 aliphatic heterocycles. The number of imide groups is 1. The van der Waals surface area contributed by atoms with E-state index < -0.39 is 125 Å². The van der Waals surface area contributed by atoms with Crippen LogP contribution in [0.1, 0.15) is 81.7 Å². The number of ether oxygens (including phenoxy) is 3. The third-order valence-electron chi connectivity index (χ3n) is 10.7. The Morgan fingerprint density at radius 1 is 1.12 bits per heavy atom. The van der Waals surface area contributed by atoms with E-state index in [4.69, 9.17) is 25.1 Å². The van der Waals surface area contributed by atoms with Crippen LogP contribution in [0.15, 0.2) is 18.2 Å². The number of hydrogen-bond acceptors (Lipinski definition) is 17. The van der Waals surface area contributed by atoms with Gasteiger partial charge in [0.1, 0.15) is 35.5 Å². The molecule has 9 N–H and O–H groups in total. The lowest BCUT2D eigenvalue weighted by atomic mass is 9.72. The Balaban J connectivity index is 1.20. The highest BCUT2D eigenvalue weighted by atomic mass is 32.2. The number of Topliss-reactive ketones (excluding diaryl/α,β-unsaturated/α-hetero) is 1. The Kier molecular flexibility index (Phi) is 11.9. The number of phenols is 2. The molecule has 2 heterocycles. The number of likely N-dealkylation sites (tertiary alicyclic amines) is 1. The number of nitrogens with one attached hydrogen (secondary N) is 1. The molecule has 2 aromatic rings. The van der Waals surface area contributed by atoms with Gasteiger partial charge in [-0.2, -0.15) is 0 Å². The number of carbonyl (C=O) groups is 6. The number of amides is 2. The minimum atomic E-state index is -2.34. The first-order chi connectivity index (χ1) is 26.5. The molecular weight excluding hydrogens is 758 g/mol. The normalized spacial score (nSPS) is 27.8. The number of nitrogens with zero attached hydrogens (tertiary/aromatic N) is 1. The van der Waals surface area contributed by atoms with Crippen molar-refractivity contribution in [2.75, 3.05) is 32.6 Å². The van der Waals surface area contributed by atoms with Crippen molar-refractivity contribution in [3.05, 3.63) is 51.6 Å². The van der Waals surface area contributed by atoms with Crippen molar-refractivity contribution < 1.29 is 73.6 Å². The van der Waals surface area contributed by atoms with Crippen molar-refractivity contribution in [3.63, 3.8) is 0 Å². The summed E-state index contributed by atoms with van der Waals surface area (Å²) in [6, 6.07) is 2.43. The summed E-state index contributed by atoms with van der Waals surface area (Å²) in [5.41, 5.74) is 1.48. The number of thioether (sulfide) groups is 1. The molecule has 8 atom stereocenters. The summed E-state index contributed by atoms with van der Waals surface area (Å²) in [6.45, 7) is 0.768. The van der Waals surface area contributed by atoms with E-state index in [1.165, 1.54) is 25.3 Å². The minimum Gasteiger partial charge on any atom is -0.507 e. The zero-order valence-corrected chi connectivity index (χ0v) is 31.2. The van der Waals surface area contributed by atoms with Crippen LogP contribution in [0, 0.1) is 0 Å². The molecular formula is C37H43N3O15S. The molecule has 4 aliphatic rings. The van der Waals surface area contributed by atoms with Gasteiger partial charge in [-0.15, -0.1) is 11.8 Å². The van der Waals surface area contributed by atoms with Crippen LogP contribution in [0.2, 0.25) is 0 Å². The Bertz CT molecular complexity index is 1970. The van der Waals surface area contributed by atoms with Crippen LogP contribution in [0.25, 0.3) is 0 Å². The molecule has 2 aliphatic carbocycles. The SMILES string of the molecule is COc1cccc2c1C(=O)c1c(O)c3c(c(O)c1C2=O)C[C@@](O)(C(=O)CO)C[C@@H]3O[C@H]1C[C@H](NCCCN2C(=O)CC(SC[C@H](N)C(=O)O)C2=O)[C@H](O)[C@H](C)O1. The van der Waals surface area contributed by atoms with Gasteiger partial charge in [-0.05, 0) is 26.0 Å². The number of rotatable bonds is 14. The maximum absolute atomic E-state index is 13.9. The number of fused-ring (bicyclic) bond motifs is 3. The van der Waals surface area contributed by atoms with Crippen LogP contribution in [-0.2, 0) is 35.1 Å². The number of benzene rings is 2. The molecule has 0 bridgehead atoms. The lowest BCUT2D eigenvalue weighted by Gasteiger charge is -2.43. The first kappa shape index (κ1) is 41.2. The van der Waals surface area contributed by atoms with E-state index in [1.54, 1.807) is 6.92 Å². The predicted octanol–water partition coefficient (Wildman–Crippen LogP) is -0.705. The van der Waals surface area contributed by atoms with Crippen LogP contribution in [-0.4, -0.2) is 145 Å². The van der Waals surface area contributed by atoms with Crippen molar-refractivity contribution in [3.8, 4) is 17.2 Å². The summed E-state index contributed by atoms with van der Waals surface area (Å²) < 4.78 is 17.5. The van der Waals surface area contributed by atoms with Crippen molar-refractivity contribution >= 4 is 46.9 Å². The average molecular weight is 802 g/mol. The summed E-state index contributed by atoms with van der Waals surface area (Å²) in [6.07, 6.45) is -5.56. The monoisotopic (exact) mass is 801 g/mol. The number of carbonyl (C=O) groups excluding carboxylic acids is 5. The zero-order chi connectivity index (χ0) is 40.8. The van der Waals surface area contributed by atoms with E-state index in [2.05, 4.69) is 5.32 Å². The van der Waals surface area contributed by atoms with Crippen LogP contribution in [0.3, 0.4) is 0 Å². The van der Waals surface area contributed by atoms with Gasteiger partial charge < -0.3 is 55.9 Å². The second kappa shape index (κ2) is 16.2. The molecule has 6 rings (SSSR count). The Hall–Kier alpha value is -4.47. The number of hydrogen-bond donors (Lipinski definition) is 8. The van der Waals surface area contributed by atoms with E-state index in [0.717, 1.165) is 16.7 Å². The van der Waals surface area contributed by atoms with E-state index in [9.17, 15) is 54.3 Å². The quantitative estimate of drug-likeness (QED) is 0.0568. The topological polar surface area (TPSA) is 293 Å². The van der Waals surface area contributed by atoms with Gasteiger partial charge >= 0.3 is 5.97 Å². The standard InChI is InChI=1S/C37H43N3O15S/c1-15-30(44)19(39-7-4-8-40-24(43)10-22(35(40)49)56-14-18(38)36(50)51)9-25(54-15)55-21-12-37(52,23(42)13-41)11-17-27(21)34(48)29-28(32(17)46)31(45)16-5-3-6-20(53-2)26(16)33(29)47/h3,5-6,15,18-19,21-22,25,30,39,41,44,46,48,52H,4,7-14,38H2,1-2H3,(H,50,51)/t15-,18-,19-,21-,22?,25-,30+,37-/m0/s1. The van der Waals surface area contributed by atoms with Crippen LogP contribution >= 0.6 is 11.8 Å². The second-order valence-corrected chi connectivity index (χ2v) is 15.5. The molecule has 2 aromatic carbocycles. The lowest BCUT2D eigenvalue weighted by Crippen LogP contribution is -2.55. The van der Waals surface area contributed by atoms with E-state index in [1.807, 2.05) is 0 Å². The number of ketones is 3. The molecule has 2 saturated heterocycles. The fourth-order valence-electron chi connectivity index (χ4n) is 7.75. The third kappa shape index (κ3) is 7.40. The van der Waals surface area contributed by atoms with Crippen molar-refractivity contribution in [2.24, 2.45) is 5.73 Å². The minimum absolute atomic E-state index is 0.0342. The molecule has 1 unspecified atom stereocenters. The molecule has 2 amide bonds. The van der Waals surface area contributed by atoms with Gasteiger partial charge in [0.05, 0.1) is 47.4 Å². The molecule has 0 spiro atoms. The average Bonchev–Trinajstić information content (AvgIpc) is 3.44. The summed E-state index contributed by atoms with van der Waals surface area (Å²) in [7, 11) is 1.30. The number of aliphatic hydroxyl groups is 3. The number of phenolic OH excluding ortho intramolecular Hbond substituents is 2. The highest BCUT2D eigenvalue weighted by Gasteiger charge is 2.50. The highest BCUT2D eigenvalue weighted by Crippen LogP contribution is 2.52. The van der Waals surface area contributed by atoms with Crippen LogP contribution in [0.4, 0.5) is 0 Å². The number of carboxylic acid groups (broad SMARTS) is 1. The first-order valence-electron chi connectivity index (χ1n) is 17.9. The van der Waals surface area contributed by atoms with Crippen molar-refractivity contribution in [2.45, 2.75) is 86.6 Å². The number of aliphatic carboxylic acids is 1. The second-order valence-electron chi connectivity index (χ2n) is 14.3. The molecule has 302 valence electrons. The predicted molar refractivity (Wildman–Crippen MR) is 193 cm³/mol. The molecule has 56 heavy (non-hydrogen) atoms. The molecule has 0 radical (unpaired) electrons. The van der Waals surface area contributed by atoms with Crippen molar-refractivity contribution in [1.82, 2.24) is 10.2 Å². The van der Waals surface area contributed by atoms with Gasteiger partial charge in [0.2, 0.25) is 17.6 Å². The first-order valence-corrected chi connectivity index (χ1v) is 19.0. The summed E-state index contributed by atoms with van der Waals surface area (Å²) in [5, 5.41) is 67.0. The largest absolute Gasteiger partial charge is 0.507 e.